The van der Waals surface area contributed by atoms with Gasteiger partial charge in [0.2, 0.25) is 0 Å². The summed E-state index contributed by atoms with van der Waals surface area (Å²) >= 11 is 0. The molecule has 0 amide bonds. The number of nitrogens with zero attached hydrogens (tertiary/aromatic N) is 5. The van der Waals surface area contributed by atoms with Crippen LogP contribution in [0.1, 0.15) is 12.1 Å². The number of nitrogens with one attached hydrogen (secondary N) is 1. The number of halogens is 2. The first kappa shape index (κ1) is 14.7. The molecule has 0 unspecified atom stereocenters. The van der Waals surface area contributed by atoms with Gasteiger partial charge in [-0.2, -0.15) is 5.10 Å². The van der Waals surface area contributed by atoms with Crippen molar-refractivity contribution in [3.05, 3.63) is 42.4 Å². The minimum absolute atomic E-state index is 0.261. The number of hydrogen-bond donors (Lipinski definition) is 1. The number of pyridine rings is 1. The average molecular weight is 342 g/mol. The Morgan fingerprint density at radius 2 is 1.96 bits per heavy atom. The molecule has 8 heteroatoms. The highest BCUT2D eigenvalue weighted by molar-refractivity contribution is 5.66. The van der Waals surface area contributed by atoms with Crippen LogP contribution in [0.4, 0.5) is 14.6 Å². The molecule has 128 valence electrons. The predicted octanol–water partition coefficient (Wildman–Crippen LogP) is 2.14. The van der Waals surface area contributed by atoms with Crippen LogP contribution in [-0.2, 0) is 0 Å². The first-order chi connectivity index (χ1) is 12.1. The van der Waals surface area contributed by atoms with E-state index in [1.807, 2.05) is 12.1 Å². The van der Waals surface area contributed by atoms with Gasteiger partial charge in [-0.15, -0.1) is 0 Å². The van der Waals surface area contributed by atoms with Gasteiger partial charge in [0, 0.05) is 43.4 Å². The van der Waals surface area contributed by atoms with Crippen LogP contribution in [0.25, 0.3) is 16.9 Å². The maximum Gasteiger partial charge on any atom is 0.282 e. The molecular weight excluding hydrogens is 326 g/mol. The fourth-order valence-corrected chi connectivity index (χ4v) is 3.58. The van der Waals surface area contributed by atoms with Crippen LogP contribution in [0.5, 0.6) is 0 Å². The molecule has 5 heterocycles. The summed E-state index contributed by atoms with van der Waals surface area (Å²) in [5, 5.41) is 7.34. The van der Waals surface area contributed by atoms with Gasteiger partial charge in [-0.05, 0) is 24.3 Å². The molecule has 1 spiro atoms. The number of anilines is 1. The van der Waals surface area contributed by atoms with Crippen molar-refractivity contribution in [3.8, 4) is 11.3 Å². The van der Waals surface area contributed by atoms with Crippen LogP contribution in [0.15, 0.2) is 36.7 Å². The van der Waals surface area contributed by atoms with Gasteiger partial charge < -0.3 is 10.2 Å². The van der Waals surface area contributed by atoms with E-state index in [1.54, 1.807) is 18.5 Å². The van der Waals surface area contributed by atoms with Crippen LogP contribution >= 0.6 is 0 Å². The molecule has 0 saturated carbocycles. The fraction of sp³-hybridized carbons (Fsp3) is 0.353. The molecule has 0 bridgehead atoms. The zero-order chi connectivity index (χ0) is 17.0. The fourth-order valence-electron chi connectivity index (χ4n) is 3.58. The maximum absolute atomic E-state index is 13.0. The number of alkyl halides is 2. The Balaban J connectivity index is 1.50. The van der Waals surface area contributed by atoms with Crippen LogP contribution < -0.4 is 10.2 Å². The summed E-state index contributed by atoms with van der Waals surface area (Å²) in [5.41, 5.74) is 2.24. The number of fused-ring (bicyclic) bond motifs is 1. The zero-order valence-electron chi connectivity index (χ0n) is 13.4. The Bertz CT molecular complexity index is 941. The van der Waals surface area contributed by atoms with Gasteiger partial charge in [0.25, 0.3) is 6.43 Å². The maximum atomic E-state index is 13.0. The molecule has 0 radical (unpaired) electrons. The lowest BCUT2D eigenvalue weighted by atomic mass is 9.74. The Kier molecular flexibility index (Phi) is 3.05. The number of imidazole rings is 1. The molecule has 2 saturated heterocycles. The number of rotatable bonds is 3. The first-order valence-corrected chi connectivity index (χ1v) is 8.19. The van der Waals surface area contributed by atoms with E-state index in [4.69, 9.17) is 0 Å². The third kappa shape index (κ3) is 2.28. The molecule has 25 heavy (non-hydrogen) atoms. The number of hydrogen-bond acceptors (Lipinski definition) is 5. The van der Waals surface area contributed by atoms with Gasteiger partial charge >= 0.3 is 0 Å². The highest BCUT2D eigenvalue weighted by atomic mass is 19.3. The highest BCUT2D eigenvalue weighted by Crippen LogP contribution is 2.37. The molecule has 5 rings (SSSR count). The second-order valence-electron chi connectivity index (χ2n) is 6.83. The van der Waals surface area contributed by atoms with E-state index in [0.29, 0.717) is 16.8 Å². The largest absolute Gasteiger partial charge is 0.355 e. The average Bonchev–Trinajstić information content (AvgIpc) is 2.95. The molecule has 1 N–H and O–H groups in total. The molecule has 6 nitrogen and oxygen atoms in total. The normalized spacial score (nSPS) is 18.6. The molecule has 0 aromatic carbocycles. The van der Waals surface area contributed by atoms with Gasteiger partial charge in [0.05, 0.1) is 11.9 Å². The zero-order valence-corrected chi connectivity index (χ0v) is 13.4. The second kappa shape index (κ2) is 5.19. The van der Waals surface area contributed by atoms with Crippen LogP contribution in [0.2, 0.25) is 0 Å². The highest BCUT2D eigenvalue weighted by Gasteiger charge is 2.47. The lowest BCUT2D eigenvalue weighted by Gasteiger charge is -2.56. The van der Waals surface area contributed by atoms with Gasteiger partial charge in [0.1, 0.15) is 11.5 Å². The number of aromatic nitrogens is 4. The summed E-state index contributed by atoms with van der Waals surface area (Å²) in [6.45, 7) is 4.13. The monoisotopic (exact) mass is 342 g/mol. The van der Waals surface area contributed by atoms with Crippen molar-refractivity contribution in [2.24, 2.45) is 5.41 Å². The molecule has 3 aromatic rings. The first-order valence-electron chi connectivity index (χ1n) is 8.19. The predicted molar refractivity (Wildman–Crippen MR) is 88.7 cm³/mol. The lowest BCUT2D eigenvalue weighted by molar-refractivity contribution is 0.120. The van der Waals surface area contributed by atoms with E-state index in [-0.39, 0.29) is 5.69 Å². The lowest BCUT2D eigenvalue weighted by Crippen LogP contribution is -2.71. The van der Waals surface area contributed by atoms with Crippen molar-refractivity contribution in [3.63, 3.8) is 0 Å². The van der Waals surface area contributed by atoms with E-state index < -0.39 is 6.43 Å². The summed E-state index contributed by atoms with van der Waals surface area (Å²) < 4.78 is 27.4. The van der Waals surface area contributed by atoms with Crippen LogP contribution in [-0.4, -0.2) is 45.8 Å². The van der Waals surface area contributed by atoms with Crippen LogP contribution in [0.3, 0.4) is 0 Å². The SMILES string of the molecule is FC(F)c1ccc2ncc(-c3ccnc(N4CC5(CNC5)C4)c3)n2n1. The van der Waals surface area contributed by atoms with Crippen molar-refractivity contribution in [1.29, 1.82) is 0 Å². The topological polar surface area (TPSA) is 58.4 Å². The summed E-state index contributed by atoms with van der Waals surface area (Å²) in [6.07, 6.45) is 0.788. The summed E-state index contributed by atoms with van der Waals surface area (Å²) in [4.78, 5) is 11.0. The molecular formula is C17H16F2N6. The molecule has 2 aliphatic heterocycles. The standard InChI is InChI=1S/C17H16F2N6/c18-16(19)12-1-2-14-22-6-13(25(14)23-12)11-3-4-21-15(5-11)24-9-17(10-24)7-20-8-17/h1-6,16,20H,7-10H2. The third-order valence-corrected chi connectivity index (χ3v) is 5.02. The second-order valence-corrected chi connectivity index (χ2v) is 6.83. The van der Waals surface area contributed by atoms with Gasteiger partial charge in [-0.1, -0.05) is 0 Å². The quantitative estimate of drug-likeness (QED) is 0.790. The van der Waals surface area contributed by atoms with E-state index >= 15 is 0 Å². The molecule has 2 aliphatic rings. The van der Waals surface area contributed by atoms with Crippen molar-refractivity contribution in [2.75, 3.05) is 31.1 Å². The van der Waals surface area contributed by atoms with Gasteiger partial charge in [-0.25, -0.2) is 23.3 Å². The Hall–Kier alpha value is -2.61. The smallest absolute Gasteiger partial charge is 0.282 e. The minimum atomic E-state index is -2.61. The van der Waals surface area contributed by atoms with Crippen molar-refractivity contribution in [2.45, 2.75) is 6.43 Å². The van der Waals surface area contributed by atoms with E-state index in [9.17, 15) is 8.78 Å². The van der Waals surface area contributed by atoms with E-state index in [0.717, 1.165) is 37.6 Å². The van der Waals surface area contributed by atoms with Crippen molar-refractivity contribution >= 4 is 11.5 Å². The molecule has 0 aliphatic carbocycles. The Morgan fingerprint density at radius 1 is 1.12 bits per heavy atom. The summed E-state index contributed by atoms with van der Waals surface area (Å²) in [7, 11) is 0. The third-order valence-electron chi connectivity index (χ3n) is 5.02. The van der Waals surface area contributed by atoms with Crippen molar-refractivity contribution < 1.29 is 8.78 Å². The Morgan fingerprint density at radius 3 is 2.68 bits per heavy atom. The van der Waals surface area contributed by atoms with Gasteiger partial charge in [-0.3, -0.25) is 0 Å². The molecule has 0 atom stereocenters. The van der Waals surface area contributed by atoms with E-state index in [2.05, 4.69) is 25.3 Å². The Labute approximate surface area is 142 Å². The molecule has 2 fully saturated rings. The molecule has 3 aromatic heterocycles. The summed E-state index contributed by atoms with van der Waals surface area (Å²) in [5.74, 6) is 0.898. The minimum Gasteiger partial charge on any atom is -0.355 e. The van der Waals surface area contributed by atoms with Crippen LogP contribution in [0, 0.1) is 5.41 Å². The van der Waals surface area contributed by atoms with Gasteiger partial charge in [0.15, 0.2) is 5.65 Å². The van der Waals surface area contributed by atoms with Crippen molar-refractivity contribution in [1.82, 2.24) is 24.9 Å². The summed E-state index contributed by atoms with van der Waals surface area (Å²) in [6, 6.07) is 6.69. The van der Waals surface area contributed by atoms with E-state index in [1.165, 1.54) is 10.6 Å².